The Balaban J connectivity index is 2.01. The lowest BCUT2D eigenvalue weighted by Gasteiger charge is -2.35. The molecule has 1 unspecified atom stereocenters. The van der Waals surface area contributed by atoms with Crippen molar-refractivity contribution in [3.05, 3.63) is 0 Å². The summed E-state index contributed by atoms with van der Waals surface area (Å²) in [6.07, 6.45) is 3.98. The van der Waals surface area contributed by atoms with E-state index in [1.54, 1.807) is 4.90 Å². The summed E-state index contributed by atoms with van der Waals surface area (Å²) >= 11 is 0. The molecule has 2 fully saturated rings. The number of carbonyl (C=O) groups excluding carboxylic acids is 2. The summed E-state index contributed by atoms with van der Waals surface area (Å²) in [5.74, 6) is -0.358. The van der Waals surface area contributed by atoms with Crippen LogP contribution < -0.4 is 11.1 Å². The van der Waals surface area contributed by atoms with Crippen LogP contribution in [-0.4, -0.2) is 67.8 Å². The van der Waals surface area contributed by atoms with Crippen LogP contribution in [0.1, 0.15) is 39.5 Å². The first-order valence-electron chi connectivity index (χ1n) is 9.03. The van der Waals surface area contributed by atoms with Crippen LogP contribution in [0.3, 0.4) is 0 Å². The molecule has 2 amide bonds. The van der Waals surface area contributed by atoms with Gasteiger partial charge in [-0.2, -0.15) is 0 Å². The van der Waals surface area contributed by atoms with Crippen LogP contribution >= 0.6 is 0 Å². The Hall–Kier alpha value is -1.18. The minimum absolute atomic E-state index is 0.00674. The zero-order chi connectivity index (χ0) is 17.5. The first-order chi connectivity index (χ1) is 11.5. The van der Waals surface area contributed by atoms with Crippen LogP contribution in [0.2, 0.25) is 0 Å². The normalized spacial score (nSPS) is 25.0. The van der Waals surface area contributed by atoms with E-state index in [-0.39, 0.29) is 36.5 Å². The molecule has 2 rings (SSSR count). The molecule has 0 aromatic heterocycles. The van der Waals surface area contributed by atoms with Crippen molar-refractivity contribution in [3.8, 4) is 0 Å². The van der Waals surface area contributed by atoms with E-state index in [0.717, 1.165) is 32.3 Å². The molecule has 3 N–H and O–H groups in total. The molecule has 0 saturated carbocycles. The SMILES string of the molecule is CC(C)C(C(=O)NC[C@H]1CCCO1)N(C[C@H]1CCCO1)C(=O)CN. The monoisotopic (exact) mass is 341 g/mol. The number of amides is 2. The molecule has 0 spiro atoms. The highest BCUT2D eigenvalue weighted by Gasteiger charge is 2.34. The lowest BCUT2D eigenvalue weighted by molar-refractivity contribution is -0.143. The Kier molecular flexibility index (Phi) is 7.45. The zero-order valence-corrected chi connectivity index (χ0v) is 14.8. The van der Waals surface area contributed by atoms with Crippen LogP contribution in [0.25, 0.3) is 0 Å². The maximum atomic E-state index is 12.7. The van der Waals surface area contributed by atoms with Gasteiger partial charge in [-0.1, -0.05) is 13.8 Å². The molecule has 2 aliphatic heterocycles. The van der Waals surface area contributed by atoms with Gasteiger partial charge in [0.15, 0.2) is 0 Å². The number of nitrogens with zero attached hydrogens (tertiary/aromatic N) is 1. The number of nitrogens with one attached hydrogen (secondary N) is 1. The molecular formula is C17H31N3O4. The Morgan fingerprint density at radius 1 is 1.17 bits per heavy atom. The second-order valence-electron chi connectivity index (χ2n) is 6.95. The third-order valence-corrected chi connectivity index (χ3v) is 4.68. The van der Waals surface area contributed by atoms with E-state index in [0.29, 0.717) is 19.7 Å². The highest BCUT2D eigenvalue weighted by Crippen LogP contribution is 2.19. The van der Waals surface area contributed by atoms with Crippen molar-refractivity contribution >= 4 is 11.8 Å². The van der Waals surface area contributed by atoms with Gasteiger partial charge < -0.3 is 25.4 Å². The van der Waals surface area contributed by atoms with E-state index >= 15 is 0 Å². The van der Waals surface area contributed by atoms with E-state index in [2.05, 4.69) is 5.32 Å². The summed E-state index contributed by atoms with van der Waals surface area (Å²) in [7, 11) is 0. The van der Waals surface area contributed by atoms with Crippen LogP contribution in [0.5, 0.6) is 0 Å². The zero-order valence-electron chi connectivity index (χ0n) is 14.8. The number of hydrogen-bond acceptors (Lipinski definition) is 5. The quantitative estimate of drug-likeness (QED) is 0.661. The van der Waals surface area contributed by atoms with Crippen LogP contribution in [0, 0.1) is 5.92 Å². The first-order valence-corrected chi connectivity index (χ1v) is 9.03. The summed E-state index contributed by atoms with van der Waals surface area (Å²) in [6, 6.07) is -0.536. The van der Waals surface area contributed by atoms with E-state index < -0.39 is 6.04 Å². The Labute approximate surface area is 144 Å². The molecule has 0 aliphatic carbocycles. The van der Waals surface area contributed by atoms with Crippen molar-refractivity contribution in [2.45, 2.75) is 57.8 Å². The van der Waals surface area contributed by atoms with Gasteiger partial charge in [0.25, 0.3) is 0 Å². The predicted molar refractivity (Wildman–Crippen MR) is 90.4 cm³/mol. The Morgan fingerprint density at radius 3 is 2.29 bits per heavy atom. The fourth-order valence-electron chi connectivity index (χ4n) is 3.42. The Morgan fingerprint density at radius 2 is 1.79 bits per heavy atom. The lowest BCUT2D eigenvalue weighted by Crippen LogP contribution is -2.56. The molecule has 0 radical (unpaired) electrons. The van der Waals surface area contributed by atoms with Gasteiger partial charge in [0, 0.05) is 26.3 Å². The average molecular weight is 341 g/mol. The van der Waals surface area contributed by atoms with Crippen molar-refractivity contribution in [2.24, 2.45) is 11.7 Å². The van der Waals surface area contributed by atoms with Crippen LogP contribution in [-0.2, 0) is 19.1 Å². The van der Waals surface area contributed by atoms with Crippen molar-refractivity contribution in [1.29, 1.82) is 0 Å². The molecule has 2 saturated heterocycles. The fraction of sp³-hybridized carbons (Fsp3) is 0.882. The molecule has 0 aromatic carbocycles. The van der Waals surface area contributed by atoms with Gasteiger partial charge in [0.05, 0.1) is 18.8 Å². The third-order valence-electron chi connectivity index (χ3n) is 4.68. The van der Waals surface area contributed by atoms with Gasteiger partial charge in [0.1, 0.15) is 6.04 Å². The van der Waals surface area contributed by atoms with Gasteiger partial charge >= 0.3 is 0 Å². The molecule has 138 valence electrons. The van der Waals surface area contributed by atoms with E-state index in [9.17, 15) is 9.59 Å². The van der Waals surface area contributed by atoms with Crippen LogP contribution in [0.4, 0.5) is 0 Å². The average Bonchev–Trinajstić information content (AvgIpc) is 3.24. The highest BCUT2D eigenvalue weighted by molar-refractivity contribution is 5.88. The summed E-state index contributed by atoms with van der Waals surface area (Å²) in [4.78, 5) is 26.7. The maximum Gasteiger partial charge on any atom is 0.243 e. The topological polar surface area (TPSA) is 93.9 Å². The molecule has 2 heterocycles. The lowest BCUT2D eigenvalue weighted by atomic mass is 10.00. The highest BCUT2D eigenvalue weighted by atomic mass is 16.5. The smallest absolute Gasteiger partial charge is 0.243 e. The van der Waals surface area contributed by atoms with Crippen molar-refractivity contribution in [1.82, 2.24) is 10.2 Å². The summed E-state index contributed by atoms with van der Waals surface area (Å²) in [5.41, 5.74) is 5.58. The molecule has 24 heavy (non-hydrogen) atoms. The molecule has 0 aromatic rings. The van der Waals surface area contributed by atoms with Gasteiger partial charge in [-0.05, 0) is 31.6 Å². The largest absolute Gasteiger partial charge is 0.376 e. The number of nitrogens with two attached hydrogens (primary N) is 1. The van der Waals surface area contributed by atoms with Gasteiger partial charge in [0.2, 0.25) is 11.8 Å². The minimum Gasteiger partial charge on any atom is -0.376 e. The second kappa shape index (κ2) is 9.34. The van der Waals surface area contributed by atoms with Gasteiger partial charge in [-0.3, -0.25) is 9.59 Å². The summed E-state index contributed by atoms with van der Waals surface area (Å²) < 4.78 is 11.2. The molecule has 7 nitrogen and oxygen atoms in total. The van der Waals surface area contributed by atoms with Crippen molar-refractivity contribution < 1.29 is 19.1 Å². The van der Waals surface area contributed by atoms with Crippen molar-refractivity contribution in [2.75, 3.05) is 32.8 Å². The van der Waals surface area contributed by atoms with Crippen molar-refractivity contribution in [3.63, 3.8) is 0 Å². The minimum atomic E-state index is -0.536. The number of hydrogen-bond donors (Lipinski definition) is 2. The summed E-state index contributed by atoms with van der Waals surface area (Å²) in [6.45, 7) is 6.18. The van der Waals surface area contributed by atoms with E-state index in [1.165, 1.54) is 0 Å². The number of carbonyl (C=O) groups is 2. The van der Waals surface area contributed by atoms with Crippen LogP contribution in [0.15, 0.2) is 0 Å². The van der Waals surface area contributed by atoms with Gasteiger partial charge in [-0.25, -0.2) is 0 Å². The Bertz CT molecular complexity index is 418. The molecule has 3 atom stereocenters. The molecular weight excluding hydrogens is 310 g/mol. The number of ether oxygens (including phenoxy) is 2. The summed E-state index contributed by atoms with van der Waals surface area (Å²) in [5, 5.41) is 2.95. The first kappa shape index (κ1) is 19.1. The van der Waals surface area contributed by atoms with E-state index in [1.807, 2.05) is 13.8 Å². The number of rotatable bonds is 8. The third kappa shape index (κ3) is 5.16. The van der Waals surface area contributed by atoms with Gasteiger partial charge in [-0.15, -0.1) is 0 Å². The fourth-order valence-corrected chi connectivity index (χ4v) is 3.42. The maximum absolute atomic E-state index is 12.7. The molecule has 0 bridgehead atoms. The predicted octanol–water partition coefficient (Wildman–Crippen LogP) is 0.273. The molecule has 7 heteroatoms. The van der Waals surface area contributed by atoms with E-state index in [4.69, 9.17) is 15.2 Å². The molecule has 2 aliphatic rings. The standard InChI is InChI=1S/C17H31N3O4/c1-12(2)16(17(22)19-10-13-5-3-7-23-13)20(15(21)9-18)11-14-6-4-8-24-14/h12-14,16H,3-11,18H2,1-2H3,(H,19,22)/t13-,14-,16?/m1/s1. The second-order valence-corrected chi connectivity index (χ2v) is 6.95.